The number of benzene rings is 1. The van der Waals surface area contributed by atoms with Crippen molar-refractivity contribution in [2.45, 2.75) is 38.2 Å². The molecule has 0 radical (unpaired) electrons. The van der Waals surface area contributed by atoms with Crippen LogP contribution in [0.2, 0.25) is 0 Å². The Bertz CT molecular complexity index is 1040. The lowest BCUT2D eigenvalue weighted by atomic mass is 9.77. The molecule has 2 fully saturated rings. The van der Waals surface area contributed by atoms with Gasteiger partial charge in [0.05, 0.1) is 7.11 Å². The summed E-state index contributed by atoms with van der Waals surface area (Å²) in [5, 5.41) is 14.2. The molecule has 1 spiro atoms. The molecule has 0 aliphatic carbocycles. The van der Waals surface area contributed by atoms with E-state index in [4.69, 9.17) is 24.5 Å². The lowest BCUT2D eigenvalue weighted by molar-refractivity contribution is -0.193. The van der Waals surface area contributed by atoms with Gasteiger partial charge >= 0.3 is 24.3 Å². The molecule has 0 bridgehead atoms. The first kappa shape index (κ1) is 31.6. The van der Waals surface area contributed by atoms with Gasteiger partial charge < -0.3 is 19.8 Å². The van der Waals surface area contributed by atoms with Crippen LogP contribution in [0.15, 0.2) is 42.7 Å². The Labute approximate surface area is 220 Å². The Morgan fingerprint density at radius 3 is 1.79 bits per heavy atom. The zero-order valence-corrected chi connectivity index (χ0v) is 20.9. The number of rotatable bonds is 4. The molecule has 2 saturated heterocycles. The molecular formula is C24H28F6N4O5. The van der Waals surface area contributed by atoms with Crippen molar-refractivity contribution < 1.29 is 50.9 Å². The number of anilines is 1. The van der Waals surface area contributed by atoms with Gasteiger partial charge in [-0.1, -0.05) is 12.1 Å². The molecule has 216 valence electrons. The molecule has 2 aromatic rings. The van der Waals surface area contributed by atoms with Crippen LogP contribution in [-0.4, -0.2) is 82.7 Å². The van der Waals surface area contributed by atoms with E-state index in [0.29, 0.717) is 5.41 Å². The van der Waals surface area contributed by atoms with Gasteiger partial charge in [-0.05, 0) is 61.5 Å². The van der Waals surface area contributed by atoms with Crippen molar-refractivity contribution >= 4 is 17.9 Å². The number of halogens is 6. The van der Waals surface area contributed by atoms with Crippen molar-refractivity contribution in [3.05, 3.63) is 48.3 Å². The van der Waals surface area contributed by atoms with Crippen LogP contribution in [0.3, 0.4) is 0 Å². The Balaban J connectivity index is 0.000000317. The summed E-state index contributed by atoms with van der Waals surface area (Å²) in [6.07, 6.45) is -2.68. The van der Waals surface area contributed by atoms with Crippen LogP contribution in [-0.2, 0) is 16.1 Å². The van der Waals surface area contributed by atoms with Gasteiger partial charge in [-0.3, -0.25) is 4.90 Å². The number of methoxy groups -OCH3 is 1. The minimum Gasteiger partial charge on any atom is -0.497 e. The van der Waals surface area contributed by atoms with E-state index in [0.717, 1.165) is 31.3 Å². The Morgan fingerprint density at radius 2 is 1.36 bits per heavy atom. The highest BCUT2D eigenvalue weighted by atomic mass is 19.4. The maximum absolute atomic E-state index is 10.6. The first-order valence-electron chi connectivity index (χ1n) is 11.6. The highest BCUT2D eigenvalue weighted by molar-refractivity contribution is 5.73. The van der Waals surface area contributed by atoms with Gasteiger partial charge in [0.1, 0.15) is 5.75 Å². The molecule has 0 unspecified atom stereocenters. The second kappa shape index (κ2) is 13.4. The third-order valence-corrected chi connectivity index (χ3v) is 6.24. The van der Waals surface area contributed by atoms with Gasteiger partial charge in [0, 0.05) is 32.0 Å². The number of hydrogen-bond acceptors (Lipinski definition) is 7. The van der Waals surface area contributed by atoms with Crippen LogP contribution in [0.25, 0.3) is 0 Å². The number of hydrogen-bond donors (Lipinski definition) is 2. The van der Waals surface area contributed by atoms with Gasteiger partial charge in [-0.15, -0.1) is 0 Å². The van der Waals surface area contributed by atoms with E-state index in [1.54, 1.807) is 7.11 Å². The summed E-state index contributed by atoms with van der Waals surface area (Å²) in [4.78, 5) is 31.6. The molecule has 4 rings (SSSR count). The van der Waals surface area contributed by atoms with Crippen LogP contribution in [0.5, 0.6) is 5.75 Å². The fourth-order valence-electron chi connectivity index (χ4n) is 4.14. The molecule has 2 N–H and O–H groups in total. The SMILES string of the molecule is COc1ccc(CN2CCC3(CC2)CCN(c2ncccn2)C3)cc1.O=C(O)C(F)(F)F.O=C(O)C(F)(F)F. The van der Waals surface area contributed by atoms with E-state index in [-0.39, 0.29) is 0 Å². The van der Waals surface area contributed by atoms with E-state index in [1.807, 2.05) is 18.5 Å². The van der Waals surface area contributed by atoms with Gasteiger partial charge in [-0.2, -0.15) is 26.3 Å². The zero-order chi connectivity index (χ0) is 29.3. The first-order valence-corrected chi connectivity index (χ1v) is 11.6. The number of alkyl halides is 6. The summed E-state index contributed by atoms with van der Waals surface area (Å²) in [5.41, 5.74) is 1.82. The zero-order valence-electron chi connectivity index (χ0n) is 20.9. The number of aromatic nitrogens is 2. The Morgan fingerprint density at radius 1 is 0.897 bits per heavy atom. The lowest BCUT2D eigenvalue weighted by Crippen LogP contribution is -2.41. The molecule has 39 heavy (non-hydrogen) atoms. The first-order chi connectivity index (χ1) is 18.1. The molecule has 1 aromatic carbocycles. The Kier molecular flexibility index (Phi) is 10.9. The van der Waals surface area contributed by atoms with Crippen molar-refractivity contribution in [3.63, 3.8) is 0 Å². The fraction of sp³-hybridized carbons (Fsp3) is 0.500. The predicted octanol–water partition coefficient (Wildman–Crippen LogP) is 4.24. The van der Waals surface area contributed by atoms with Crippen LogP contribution in [0.4, 0.5) is 32.3 Å². The number of piperidine rings is 1. The molecule has 0 saturated carbocycles. The summed E-state index contributed by atoms with van der Waals surface area (Å²) in [5.74, 6) is -3.70. The van der Waals surface area contributed by atoms with Gasteiger partial charge in [0.2, 0.25) is 5.95 Å². The third kappa shape index (κ3) is 10.2. The Hall–Kier alpha value is -3.62. The van der Waals surface area contributed by atoms with Crippen molar-refractivity contribution in [1.82, 2.24) is 14.9 Å². The summed E-state index contributed by atoms with van der Waals surface area (Å²) in [6, 6.07) is 10.3. The predicted molar refractivity (Wildman–Crippen MR) is 126 cm³/mol. The third-order valence-electron chi connectivity index (χ3n) is 6.24. The van der Waals surface area contributed by atoms with E-state index in [9.17, 15) is 26.3 Å². The second-order valence-electron chi connectivity index (χ2n) is 8.95. The monoisotopic (exact) mass is 566 g/mol. The van der Waals surface area contributed by atoms with Crippen LogP contribution in [0, 0.1) is 5.41 Å². The normalized spacial score (nSPS) is 16.9. The van der Waals surface area contributed by atoms with Crippen LogP contribution in [0.1, 0.15) is 24.8 Å². The van der Waals surface area contributed by atoms with Gasteiger partial charge in [-0.25, -0.2) is 19.6 Å². The summed E-state index contributed by atoms with van der Waals surface area (Å²) in [7, 11) is 1.71. The number of carboxylic acid groups (broad SMARTS) is 2. The quantitative estimate of drug-likeness (QED) is 0.524. The molecule has 2 aliphatic rings. The van der Waals surface area contributed by atoms with Gasteiger partial charge in [0.25, 0.3) is 0 Å². The smallest absolute Gasteiger partial charge is 0.490 e. The summed E-state index contributed by atoms with van der Waals surface area (Å²) < 4.78 is 68.7. The highest BCUT2D eigenvalue weighted by Crippen LogP contribution is 2.41. The van der Waals surface area contributed by atoms with Crippen molar-refractivity contribution in [3.8, 4) is 5.75 Å². The molecule has 0 amide bonds. The molecule has 2 aliphatic heterocycles. The molecular weight excluding hydrogens is 538 g/mol. The number of aliphatic carboxylic acids is 2. The van der Waals surface area contributed by atoms with E-state index in [2.05, 4.69) is 44.0 Å². The van der Waals surface area contributed by atoms with E-state index < -0.39 is 24.3 Å². The van der Waals surface area contributed by atoms with Crippen LogP contribution < -0.4 is 9.64 Å². The number of carbonyl (C=O) groups is 2. The van der Waals surface area contributed by atoms with Crippen molar-refractivity contribution in [2.75, 3.05) is 38.2 Å². The maximum atomic E-state index is 10.6. The molecule has 1 aromatic heterocycles. The van der Waals surface area contributed by atoms with E-state index >= 15 is 0 Å². The number of ether oxygens (including phenoxy) is 1. The number of nitrogens with zero attached hydrogens (tertiary/aromatic N) is 4. The standard InChI is InChI=1S/C20H26N4O.2C2HF3O2/c1-25-18-5-3-17(4-6-18)15-23-12-7-20(8-13-23)9-14-24(16-20)19-21-10-2-11-22-19;2*3-2(4,5)1(6)7/h2-6,10-11H,7-9,12-16H2,1H3;2*(H,6,7). The number of carboxylic acids is 2. The van der Waals surface area contributed by atoms with Crippen molar-refractivity contribution in [2.24, 2.45) is 5.41 Å². The average Bonchev–Trinajstić information content (AvgIpc) is 3.30. The fourth-order valence-corrected chi connectivity index (χ4v) is 4.14. The molecule has 0 atom stereocenters. The minimum atomic E-state index is -5.08. The molecule has 3 heterocycles. The molecule has 15 heteroatoms. The average molecular weight is 566 g/mol. The lowest BCUT2D eigenvalue weighted by Gasteiger charge is -2.39. The minimum absolute atomic E-state index is 0.454. The van der Waals surface area contributed by atoms with Crippen molar-refractivity contribution in [1.29, 1.82) is 0 Å². The topological polar surface area (TPSA) is 116 Å². The summed E-state index contributed by atoms with van der Waals surface area (Å²) >= 11 is 0. The number of likely N-dealkylation sites (tertiary alicyclic amines) is 1. The highest BCUT2D eigenvalue weighted by Gasteiger charge is 2.41. The largest absolute Gasteiger partial charge is 0.497 e. The maximum Gasteiger partial charge on any atom is 0.490 e. The van der Waals surface area contributed by atoms with E-state index in [1.165, 1.54) is 37.9 Å². The van der Waals surface area contributed by atoms with Gasteiger partial charge in [0.15, 0.2) is 0 Å². The molecule has 9 nitrogen and oxygen atoms in total. The second-order valence-corrected chi connectivity index (χ2v) is 8.95. The summed E-state index contributed by atoms with van der Waals surface area (Å²) in [6.45, 7) is 5.58. The van der Waals surface area contributed by atoms with Crippen LogP contribution >= 0.6 is 0 Å².